The molecule has 5 nitrogen and oxygen atoms in total. The number of hydrogen-bond acceptors (Lipinski definition) is 3. The van der Waals surface area contributed by atoms with Gasteiger partial charge < -0.3 is 16.0 Å². The van der Waals surface area contributed by atoms with Gasteiger partial charge in [-0.25, -0.2) is 0 Å². The summed E-state index contributed by atoms with van der Waals surface area (Å²) in [5.41, 5.74) is 0. The SMILES string of the molecule is CCNC(=NCC1CCCS1)NCCCC(=O)NC1CC1.I. The van der Waals surface area contributed by atoms with E-state index in [1.165, 1.54) is 18.6 Å². The van der Waals surface area contributed by atoms with E-state index >= 15 is 0 Å². The van der Waals surface area contributed by atoms with Gasteiger partial charge in [0.1, 0.15) is 0 Å². The summed E-state index contributed by atoms with van der Waals surface area (Å²) >= 11 is 2.03. The van der Waals surface area contributed by atoms with Crippen LogP contribution >= 0.6 is 35.7 Å². The van der Waals surface area contributed by atoms with E-state index in [-0.39, 0.29) is 29.9 Å². The fraction of sp³-hybridized carbons (Fsp3) is 0.867. The summed E-state index contributed by atoms with van der Waals surface area (Å²) in [6, 6.07) is 0.466. The van der Waals surface area contributed by atoms with Crippen LogP contribution in [0, 0.1) is 0 Å². The minimum Gasteiger partial charge on any atom is -0.357 e. The highest BCUT2D eigenvalue weighted by atomic mass is 127. The molecule has 0 aromatic heterocycles. The molecule has 0 bridgehead atoms. The first-order valence-corrected chi connectivity index (χ1v) is 9.26. The second-order valence-electron chi connectivity index (χ2n) is 5.73. The molecule has 1 atom stereocenters. The molecule has 1 saturated heterocycles. The summed E-state index contributed by atoms with van der Waals surface area (Å²) in [5, 5.41) is 10.3. The van der Waals surface area contributed by atoms with Gasteiger partial charge >= 0.3 is 0 Å². The quantitative estimate of drug-likeness (QED) is 0.234. The van der Waals surface area contributed by atoms with Gasteiger partial charge in [-0.3, -0.25) is 9.79 Å². The molecule has 0 radical (unpaired) electrons. The first-order valence-electron chi connectivity index (χ1n) is 8.21. The standard InChI is InChI=1S/C15H28N4OS.HI/c1-2-16-15(18-11-13-5-4-10-21-13)17-9-3-6-14(20)19-12-7-8-12;/h12-13H,2-11H2,1H3,(H,19,20)(H2,16,17,18);1H. The zero-order valence-electron chi connectivity index (χ0n) is 13.4. The molecule has 0 aromatic carbocycles. The molecule has 1 saturated carbocycles. The Labute approximate surface area is 155 Å². The minimum atomic E-state index is 0. The molecule has 1 heterocycles. The van der Waals surface area contributed by atoms with Crippen LogP contribution in [0.25, 0.3) is 0 Å². The number of guanidine groups is 1. The van der Waals surface area contributed by atoms with Gasteiger partial charge in [0.15, 0.2) is 5.96 Å². The van der Waals surface area contributed by atoms with E-state index in [4.69, 9.17) is 0 Å². The van der Waals surface area contributed by atoms with Crippen molar-refractivity contribution in [2.24, 2.45) is 4.99 Å². The molecule has 2 rings (SSSR count). The largest absolute Gasteiger partial charge is 0.357 e. The molecule has 7 heteroatoms. The lowest BCUT2D eigenvalue weighted by atomic mass is 10.2. The lowest BCUT2D eigenvalue weighted by Crippen LogP contribution is -2.38. The van der Waals surface area contributed by atoms with E-state index in [0.717, 1.165) is 44.9 Å². The van der Waals surface area contributed by atoms with E-state index in [1.807, 2.05) is 11.8 Å². The predicted octanol–water partition coefficient (Wildman–Crippen LogP) is 2.11. The van der Waals surface area contributed by atoms with Crippen LogP contribution in [0.2, 0.25) is 0 Å². The van der Waals surface area contributed by atoms with Crippen LogP contribution in [0.1, 0.15) is 45.4 Å². The van der Waals surface area contributed by atoms with Crippen molar-refractivity contribution >= 4 is 47.6 Å². The maximum absolute atomic E-state index is 11.6. The Bertz CT molecular complexity index is 357. The van der Waals surface area contributed by atoms with Crippen molar-refractivity contribution < 1.29 is 4.79 Å². The number of rotatable bonds is 8. The molecule has 2 fully saturated rings. The van der Waals surface area contributed by atoms with E-state index < -0.39 is 0 Å². The van der Waals surface area contributed by atoms with Crippen molar-refractivity contribution in [3.05, 3.63) is 0 Å². The molecule has 128 valence electrons. The Balaban J connectivity index is 0.00000242. The number of carbonyl (C=O) groups excluding carboxylic acids is 1. The number of thioether (sulfide) groups is 1. The summed E-state index contributed by atoms with van der Waals surface area (Å²) in [6.07, 6.45) is 6.36. The second-order valence-corrected chi connectivity index (χ2v) is 7.14. The van der Waals surface area contributed by atoms with Crippen LogP contribution in [-0.4, -0.2) is 48.5 Å². The third kappa shape index (κ3) is 8.45. The van der Waals surface area contributed by atoms with Crippen molar-refractivity contribution in [2.45, 2.75) is 56.7 Å². The predicted molar refractivity (Wildman–Crippen MR) is 105 cm³/mol. The topological polar surface area (TPSA) is 65.5 Å². The number of hydrogen-bond donors (Lipinski definition) is 3. The van der Waals surface area contributed by atoms with Gasteiger partial charge in [0.05, 0.1) is 6.54 Å². The van der Waals surface area contributed by atoms with Crippen LogP contribution < -0.4 is 16.0 Å². The summed E-state index contributed by atoms with van der Waals surface area (Å²) < 4.78 is 0. The average molecular weight is 440 g/mol. The molecular formula is C15H29IN4OS. The number of nitrogens with one attached hydrogen (secondary N) is 3. The highest BCUT2D eigenvalue weighted by Gasteiger charge is 2.22. The van der Waals surface area contributed by atoms with Gasteiger partial charge in [0.25, 0.3) is 0 Å². The van der Waals surface area contributed by atoms with Crippen LogP contribution in [-0.2, 0) is 4.79 Å². The highest BCUT2D eigenvalue weighted by molar-refractivity contribution is 14.0. The van der Waals surface area contributed by atoms with Crippen LogP contribution in [0.3, 0.4) is 0 Å². The van der Waals surface area contributed by atoms with Crippen LogP contribution in [0.15, 0.2) is 4.99 Å². The fourth-order valence-corrected chi connectivity index (χ4v) is 3.49. The molecule has 1 amide bonds. The molecule has 2 aliphatic rings. The van der Waals surface area contributed by atoms with Crippen molar-refractivity contribution in [1.82, 2.24) is 16.0 Å². The molecule has 22 heavy (non-hydrogen) atoms. The van der Waals surface area contributed by atoms with Gasteiger partial charge in [0.2, 0.25) is 5.91 Å². The summed E-state index contributed by atoms with van der Waals surface area (Å²) in [4.78, 5) is 16.2. The zero-order chi connectivity index (χ0) is 14.9. The van der Waals surface area contributed by atoms with Gasteiger partial charge in [0, 0.05) is 30.8 Å². The third-order valence-electron chi connectivity index (χ3n) is 3.64. The summed E-state index contributed by atoms with van der Waals surface area (Å²) in [5.74, 6) is 2.34. The van der Waals surface area contributed by atoms with Gasteiger partial charge in [-0.2, -0.15) is 11.8 Å². The Morgan fingerprint density at radius 3 is 2.73 bits per heavy atom. The number of halogens is 1. The van der Waals surface area contributed by atoms with E-state index in [2.05, 4.69) is 27.9 Å². The number of nitrogens with zero attached hydrogens (tertiary/aromatic N) is 1. The summed E-state index contributed by atoms with van der Waals surface area (Å²) in [6.45, 7) is 4.63. The van der Waals surface area contributed by atoms with Gasteiger partial charge in [-0.1, -0.05) is 0 Å². The highest BCUT2D eigenvalue weighted by Crippen LogP contribution is 2.25. The molecule has 3 N–H and O–H groups in total. The maximum Gasteiger partial charge on any atom is 0.220 e. The Morgan fingerprint density at radius 2 is 2.09 bits per heavy atom. The van der Waals surface area contributed by atoms with Crippen LogP contribution in [0.5, 0.6) is 0 Å². The normalized spacial score (nSPS) is 21.1. The van der Waals surface area contributed by atoms with E-state index in [0.29, 0.717) is 17.7 Å². The second kappa shape index (κ2) is 11.4. The van der Waals surface area contributed by atoms with Crippen molar-refractivity contribution in [1.29, 1.82) is 0 Å². The first kappa shape index (κ1) is 19.9. The van der Waals surface area contributed by atoms with Crippen molar-refractivity contribution in [2.75, 3.05) is 25.4 Å². The Kier molecular flexibility index (Phi) is 10.3. The van der Waals surface area contributed by atoms with Gasteiger partial charge in [-0.15, -0.1) is 24.0 Å². The van der Waals surface area contributed by atoms with E-state index in [9.17, 15) is 4.79 Å². The molecular weight excluding hydrogens is 411 g/mol. The fourth-order valence-electron chi connectivity index (χ4n) is 2.31. The minimum absolute atomic E-state index is 0. The third-order valence-corrected chi connectivity index (χ3v) is 5.02. The zero-order valence-corrected chi connectivity index (χ0v) is 16.5. The lowest BCUT2D eigenvalue weighted by molar-refractivity contribution is -0.121. The van der Waals surface area contributed by atoms with E-state index in [1.54, 1.807) is 0 Å². The number of amides is 1. The van der Waals surface area contributed by atoms with Gasteiger partial charge in [-0.05, 0) is 44.8 Å². The number of aliphatic imine (C=N–C) groups is 1. The molecule has 0 aromatic rings. The monoisotopic (exact) mass is 440 g/mol. The van der Waals surface area contributed by atoms with Crippen molar-refractivity contribution in [3.8, 4) is 0 Å². The lowest BCUT2D eigenvalue weighted by Gasteiger charge is -2.12. The number of carbonyl (C=O) groups is 1. The Morgan fingerprint density at radius 1 is 1.27 bits per heavy atom. The van der Waals surface area contributed by atoms with Crippen LogP contribution in [0.4, 0.5) is 0 Å². The molecule has 0 spiro atoms. The Hall–Kier alpha value is -0.180. The maximum atomic E-state index is 11.6. The smallest absolute Gasteiger partial charge is 0.220 e. The first-order chi connectivity index (χ1) is 10.3. The molecule has 1 aliphatic carbocycles. The molecule has 1 unspecified atom stereocenters. The average Bonchev–Trinajstić information content (AvgIpc) is 3.12. The summed E-state index contributed by atoms with van der Waals surface area (Å²) in [7, 11) is 0. The molecule has 1 aliphatic heterocycles. The van der Waals surface area contributed by atoms with Crippen molar-refractivity contribution in [3.63, 3.8) is 0 Å².